The first-order valence-corrected chi connectivity index (χ1v) is 44.8. The molecule has 44 heteroatoms. The zero-order chi connectivity index (χ0) is 87.8. The van der Waals surface area contributed by atoms with Gasteiger partial charge < -0.3 is 43.8 Å². The molecule has 38 nitrogen and oxygen atoms in total. The third-order valence-corrected chi connectivity index (χ3v) is 24.1. The monoisotopic (exact) mass is 1790 g/mol. The van der Waals surface area contributed by atoms with E-state index in [1.165, 1.54) is 35.5 Å². The molecule has 0 bridgehead atoms. The number of aromatic nitrogens is 22. The van der Waals surface area contributed by atoms with Crippen LogP contribution in [-0.2, 0) is 40.7 Å². The highest BCUT2D eigenvalue weighted by atomic mass is 35.5. The van der Waals surface area contributed by atoms with Crippen LogP contribution >= 0.6 is 23.2 Å². The molecule has 5 saturated heterocycles. The molecule has 2 atom stereocenters. The molecule has 1 unspecified atom stereocenters. The Balaban J connectivity index is 0.000000116. The molecule has 20 heterocycles. The van der Waals surface area contributed by atoms with E-state index in [0.717, 1.165) is 194 Å². The van der Waals surface area contributed by atoms with Crippen LogP contribution in [0.3, 0.4) is 0 Å². The number of amides is 1. The van der Waals surface area contributed by atoms with Crippen LogP contribution < -0.4 is 34.4 Å². The summed E-state index contributed by atoms with van der Waals surface area (Å²) >= 11 is 12.0. The van der Waals surface area contributed by atoms with Gasteiger partial charge in [-0.25, -0.2) is 118 Å². The Morgan fingerprint density at radius 2 is 0.929 bits per heavy atom. The predicted octanol–water partition coefficient (Wildman–Crippen LogP) is 7.74. The molecule has 1 amide bonds. The van der Waals surface area contributed by atoms with Gasteiger partial charge in [0.25, 0.3) is 6.43 Å². The van der Waals surface area contributed by atoms with Crippen LogP contribution in [0, 0.1) is 6.92 Å². The number of carbonyl (C=O) groups is 1. The van der Waals surface area contributed by atoms with Crippen LogP contribution in [0.5, 0.6) is 0 Å². The van der Waals surface area contributed by atoms with Gasteiger partial charge in [-0.1, -0.05) is 30.1 Å². The molecule has 0 aromatic carbocycles. The zero-order valence-corrected chi connectivity index (χ0v) is 72.4. The lowest BCUT2D eigenvalue weighted by Crippen LogP contribution is -2.48. The Morgan fingerprint density at radius 1 is 0.492 bits per heavy atom. The molecule has 20 rings (SSSR count). The zero-order valence-electron chi connectivity index (χ0n) is 69.3. The minimum absolute atomic E-state index is 0.133. The van der Waals surface area contributed by atoms with Crippen LogP contribution in [-0.4, -0.2) is 283 Å². The maximum atomic E-state index is 12.9. The van der Waals surface area contributed by atoms with Gasteiger partial charge in [-0.15, -0.1) is 0 Å². The van der Waals surface area contributed by atoms with E-state index in [-0.39, 0.29) is 30.8 Å². The van der Waals surface area contributed by atoms with Crippen molar-refractivity contribution >= 4 is 106 Å². The molecule has 15 aromatic heterocycles. The van der Waals surface area contributed by atoms with Gasteiger partial charge in [0.2, 0.25) is 26.0 Å². The molecule has 5 fully saturated rings. The van der Waals surface area contributed by atoms with Gasteiger partial charge >= 0.3 is 0 Å². The molecule has 0 radical (unpaired) electrons. The minimum Gasteiger partial charge on any atom is -0.378 e. The number of aryl methyl sites for hydroxylation is 2. The fourth-order valence-electron chi connectivity index (χ4n) is 14.9. The first-order chi connectivity index (χ1) is 60.9. The van der Waals surface area contributed by atoms with E-state index in [4.69, 9.17) is 37.8 Å². The van der Waals surface area contributed by atoms with Gasteiger partial charge in [0, 0.05) is 153 Å². The Bertz CT molecular complexity index is 6620. The molecule has 15 aromatic rings. The van der Waals surface area contributed by atoms with E-state index in [1.54, 1.807) is 56.0 Å². The number of piperazine rings is 2. The minimum atomic E-state index is -3.62. The Labute approximate surface area is 732 Å². The van der Waals surface area contributed by atoms with Gasteiger partial charge in [-0.05, 0) is 124 Å². The van der Waals surface area contributed by atoms with Gasteiger partial charge in [-0.3, -0.25) is 4.79 Å². The second-order valence-electron chi connectivity index (χ2n) is 30.2. The predicted molar refractivity (Wildman–Crippen MR) is 472 cm³/mol. The van der Waals surface area contributed by atoms with Crippen molar-refractivity contribution < 1.29 is 39.9 Å². The molecule has 0 saturated carbocycles. The van der Waals surface area contributed by atoms with Gasteiger partial charge in [0.1, 0.15) is 69.1 Å². The highest BCUT2D eigenvalue weighted by Gasteiger charge is 2.33. The number of nitrogens with two attached hydrogens (primary N) is 1. The largest absolute Gasteiger partial charge is 0.378 e. The SMILES string of the molecule is CC(=O)N1CCN(c2cc(-c3cnc4ccc(C)nn34)ccn2)CC1.CCc1ccc2ncc(-c3cc(N4CCO[C@H](CNS(C)(=O)=O)C4)ncn3)n2n1.CN1CCN(c2cc(-c3cnc4ccc(Cl)nn34)ccn2)CC1.Clc1ccc2ncc(-c3ccnc(N4CCOCC4)c3)n2n1.NS(=O)(=O)C1CCN(c2cc(-c3cnc4ccc(C(F)F)nn34)ncn2)C1. The molecule has 0 aliphatic carbocycles. The van der Waals surface area contributed by atoms with Crippen LogP contribution in [0.2, 0.25) is 10.3 Å². The van der Waals surface area contributed by atoms with Crippen molar-refractivity contribution in [2.75, 3.05) is 156 Å². The van der Waals surface area contributed by atoms with E-state index in [0.29, 0.717) is 65.8 Å². The number of sulfonamides is 2. The number of morpholine rings is 2. The number of nitrogens with zero attached hydrogens (tertiary/aromatic N) is 29. The molecule has 126 heavy (non-hydrogen) atoms. The number of imidazole rings is 5. The smallest absolute Gasteiger partial charge is 0.282 e. The number of likely N-dealkylation sites (N-methyl/N-ethyl adjacent to an activating group) is 1. The van der Waals surface area contributed by atoms with Crippen LogP contribution in [0.25, 0.3) is 84.8 Å². The Morgan fingerprint density at radius 3 is 1.41 bits per heavy atom. The number of alkyl halides is 2. The second kappa shape index (κ2) is 38.4. The third kappa shape index (κ3) is 20.6. The number of ether oxygens (including phenoxy) is 2. The number of rotatable bonds is 16. The molecular weight excluding hydrogens is 1700 g/mol. The summed E-state index contributed by atoms with van der Waals surface area (Å²) in [5.74, 6) is 4.26. The van der Waals surface area contributed by atoms with Crippen molar-refractivity contribution in [2.24, 2.45) is 5.14 Å². The van der Waals surface area contributed by atoms with E-state index in [9.17, 15) is 30.4 Å². The summed E-state index contributed by atoms with van der Waals surface area (Å²) in [5.41, 5.74) is 13.3. The van der Waals surface area contributed by atoms with Crippen LogP contribution in [0.1, 0.15) is 43.8 Å². The van der Waals surface area contributed by atoms with Crippen LogP contribution in [0.4, 0.5) is 37.9 Å². The average molecular weight is 1790 g/mol. The number of hydrogen-bond acceptors (Lipinski definition) is 30. The summed E-state index contributed by atoms with van der Waals surface area (Å²) < 4.78 is 93.7. The maximum absolute atomic E-state index is 12.9. The van der Waals surface area contributed by atoms with Crippen molar-refractivity contribution in [3.63, 3.8) is 0 Å². The molecule has 5 aliphatic rings. The summed E-state index contributed by atoms with van der Waals surface area (Å²) in [6.07, 6.45) is 16.4. The van der Waals surface area contributed by atoms with Crippen LogP contribution in [0.15, 0.2) is 171 Å². The van der Waals surface area contributed by atoms with E-state index >= 15 is 0 Å². The number of carbonyl (C=O) groups excluding carboxylic acids is 1. The average Bonchev–Trinajstić information content (AvgIpc) is 1.65. The quantitative estimate of drug-likeness (QED) is 0.0933. The lowest BCUT2D eigenvalue weighted by molar-refractivity contribution is -0.129. The lowest BCUT2D eigenvalue weighted by Gasteiger charge is -2.35. The van der Waals surface area contributed by atoms with E-state index in [2.05, 4.69) is 147 Å². The fourth-order valence-corrected chi connectivity index (χ4v) is 16.4. The van der Waals surface area contributed by atoms with E-state index < -0.39 is 31.7 Å². The Hall–Kier alpha value is -12.7. The molecule has 0 spiro atoms. The first-order valence-electron chi connectivity index (χ1n) is 40.6. The number of fused-ring (bicyclic) bond motifs is 5. The number of hydrogen-bond donors (Lipinski definition) is 2. The number of primary sulfonamides is 1. The summed E-state index contributed by atoms with van der Waals surface area (Å²) in [5, 5.41) is 27.2. The summed E-state index contributed by atoms with van der Waals surface area (Å²) in [7, 11) is -4.73. The standard InChI is InChI=1S/C18H23N7O3S.C18H20N6O.C16H17ClN6.C15H14ClN5O.C15H15F2N7O2S/c1-3-13-4-5-17-19-10-16(25(17)23-13)15-8-18(21-12-20-15)24-6-7-28-14(11-24)9-22-29(2,26)27;1-13-3-4-17-20-12-16(24(17)21-13)15-5-6-19-18(11-15)23-9-7-22(8-10-23)14(2)25;1-21-6-8-22(9-7-21)16-10-12(4-5-18-16)13-11-19-15-3-2-14(17)20-23(13)15;16-13-1-2-14-18-10-12(21(14)19-13)11-3-4-17-15(9-11)20-5-7-22-8-6-20;16-15(17)10-1-2-13-19-6-12(24(13)22-10)11-5-14(21-8-20-11)23-4-3-9(7-23)27(18,25)26/h4-5,8,10,12,14,22H,3,6-7,9,11H2,1-2H3;3-6,11-12H,7-10H2,1-2H3;2-5,10-11H,6-9H2,1H3;1-4,9-10H,5-8H2;1-2,5-6,8-9,15H,3-4,7H2,(H2,18,25,26)/t14-;;;;/m1..../s1. The van der Waals surface area contributed by atoms with Crippen molar-refractivity contribution in [3.8, 4) is 56.5 Å². The van der Waals surface area contributed by atoms with Gasteiger partial charge in [0.15, 0.2) is 28.2 Å². The number of pyridine rings is 3. The molecule has 5 aliphatic heterocycles. The molecular formula is C82H89Cl2F2N31O7S2. The Kier molecular flexibility index (Phi) is 26.5. The van der Waals surface area contributed by atoms with Crippen molar-refractivity contribution in [2.45, 2.75) is 51.4 Å². The number of halogens is 4. The summed E-state index contributed by atoms with van der Waals surface area (Å²) in [6.45, 7) is 18.6. The number of anilines is 5. The normalized spacial score (nSPS) is 16.5. The van der Waals surface area contributed by atoms with Crippen molar-refractivity contribution in [1.29, 1.82) is 0 Å². The maximum Gasteiger partial charge on any atom is 0.282 e. The topological polar surface area (TPSA) is 406 Å². The van der Waals surface area contributed by atoms with Crippen molar-refractivity contribution in [1.82, 2.24) is 122 Å². The highest BCUT2D eigenvalue weighted by molar-refractivity contribution is 7.89. The van der Waals surface area contributed by atoms with E-state index in [1.807, 2.05) is 108 Å². The number of nitrogens with one attached hydrogen (secondary N) is 1. The highest BCUT2D eigenvalue weighted by Crippen LogP contribution is 2.32. The second-order valence-corrected chi connectivity index (χ2v) is 34.7. The van der Waals surface area contributed by atoms with Crippen molar-refractivity contribution in [3.05, 3.63) is 199 Å². The first kappa shape index (κ1) is 86.8. The summed E-state index contributed by atoms with van der Waals surface area (Å²) in [4.78, 5) is 78.7. The van der Waals surface area contributed by atoms with Gasteiger partial charge in [-0.2, -0.15) is 25.5 Å². The molecule has 3 N–H and O–H groups in total. The third-order valence-electron chi connectivity index (χ3n) is 21.7. The lowest BCUT2D eigenvalue weighted by atomic mass is 10.2. The summed E-state index contributed by atoms with van der Waals surface area (Å²) in [6, 6.07) is 33.4. The fraction of sp³-hybridized carbons (Fsp3) is 0.341. The van der Waals surface area contributed by atoms with Gasteiger partial charge in [0.05, 0.1) is 108 Å². The molecule has 654 valence electrons.